The maximum Gasteiger partial charge on any atom is 0.233 e. The van der Waals surface area contributed by atoms with Gasteiger partial charge in [0, 0.05) is 23.0 Å². The standard InChI is InChI=1S/C14H16ClNOS/c1-3-9-16(10-4-2)14(17)11-18-13-7-5-12(15)6-8-13/h3-8H,1-2,9-11H2. The van der Waals surface area contributed by atoms with Crippen LogP contribution in [0.3, 0.4) is 0 Å². The number of halogens is 1. The third-order valence-electron chi connectivity index (χ3n) is 2.23. The van der Waals surface area contributed by atoms with Crippen molar-refractivity contribution in [2.24, 2.45) is 0 Å². The predicted octanol–water partition coefficient (Wildman–Crippen LogP) is 3.63. The summed E-state index contributed by atoms with van der Waals surface area (Å²) in [6, 6.07) is 7.45. The van der Waals surface area contributed by atoms with Crippen molar-refractivity contribution in [2.75, 3.05) is 18.8 Å². The number of rotatable bonds is 7. The number of nitrogens with zero attached hydrogens (tertiary/aromatic N) is 1. The summed E-state index contributed by atoms with van der Waals surface area (Å²) in [5.74, 6) is 0.485. The fourth-order valence-electron chi connectivity index (χ4n) is 1.36. The molecule has 1 rings (SSSR count). The SMILES string of the molecule is C=CCN(CC=C)C(=O)CSc1ccc(Cl)cc1. The fraction of sp³-hybridized carbons (Fsp3) is 0.214. The highest BCUT2D eigenvalue weighted by Crippen LogP contribution is 2.20. The highest BCUT2D eigenvalue weighted by Gasteiger charge is 2.10. The van der Waals surface area contributed by atoms with Gasteiger partial charge in [0.15, 0.2) is 0 Å². The molecule has 0 aliphatic heterocycles. The molecule has 0 heterocycles. The summed E-state index contributed by atoms with van der Waals surface area (Å²) in [4.78, 5) is 14.7. The summed E-state index contributed by atoms with van der Waals surface area (Å²) in [6.07, 6.45) is 3.43. The van der Waals surface area contributed by atoms with Crippen molar-refractivity contribution < 1.29 is 4.79 Å². The molecule has 0 atom stereocenters. The molecular formula is C14H16ClNOS. The van der Waals surface area contributed by atoms with Crippen molar-refractivity contribution in [3.8, 4) is 0 Å². The quantitative estimate of drug-likeness (QED) is 0.562. The van der Waals surface area contributed by atoms with Crippen molar-refractivity contribution >= 4 is 29.3 Å². The van der Waals surface area contributed by atoms with Gasteiger partial charge in [-0.2, -0.15) is 0 Å². The van der Waals surface area contributed by atoms with E-state index in [-0.39, 0.29) is 5.91 Å². The summed E-state index contributed by atoms with van der Waals surface area (Å²) in [5.41, 5.74) is 0. The van der Waals surface area contributed by atoms with Crippen LogP contribution in [0.25, 0.3) is 0 Å². The fourth-order valence-corrected chi connectivity index (χ4v) is 2.28. The molecule has 0 aliphatic rings. The minimum Gasteiger partial charge on any atom is -0.335 e. The van der Waals surface area contributed by atoms with E-state index < -0.39 is 0 Å². The van der Waals surface area contributed by atoms with Gasteiger partial charge in [-0.05, 0) is 24.3 Å². The molecule has 0 saturated carbocycles. The number of benzene rings is 1. The Balaban J connectivity index is 2.50. The summed E-state index contributed by atoms with van der Waals surface area (Å²) in [7, 11) is 0. The number of hydrogen-bond acceptors (Lipinski definition) is 2. The van der Waals surface area contributed by atoms with Crippen molar-refractivity contribution in [1.29, 1.82) is 0 Å². The van der Waals surface area contributed by atoms with Gasteiger partial charge in [-0.25, -0.2) is 0 Å². The predicted molar refractivity (Wildman–Crippen MR) is 79.2 cm³/mol. The summed E-state index contributed by atoms with van der Waals surface area (Å²) in [5, 5.41) is 0.700. The maximum absolute atomic E-state index is 11.9. The van der Waals surface area contributed by atoms with E-state index in [0.717, 1.165) is 4.90 Å². The second-order valence-electron chi connectivity index (χ2n) is 3.62. The first-order chi connectivity index (χ1) is 8.67. The van der Waals surface area contributed by atoms with Crippen LogP contribution in [0, 0.1) is 0 Å². The minimum atomic E-state index is 0.0785. The number of amides is 1. The molecule has 0 aromatic heterocycles. The molecule has 1 amide bonds. The van der Waals surface area contributed by atoms with Gasteiger partial charge in [-0.15, -0.1) is 24.9 Å². The first-order valence-corrected chi connectivity index (χ1v) is 6.91. The third-order valence-corrected chi connectivity index (χ3v) is 3.48. The average Bonchev–Trinajstić information content (AvgIpc) is 2.37. The van der Waals surface area contributed by atoms with Crippen molar-refractivity contribution in [3.63, 3.8) is 0 Å². The Labute approximate surface area is 117 Å². The highest BCUT2D eigenvalue weighted by molar-refractivity contribution is 8.00. The molecule has 2 nitrogen and oxygen atoms in total. The van der Waals surface area contributed by atoms with Gasteiger partial charge in [0.25, 0.3) is 0 Å². The Bertz CT molecular complexity index is 406. The summed E-state index contributed by atoms with van der Waals surface area (Å²) >= 11 is 7.30. The number of carbonyl (C=O) groups excluding carboxylic acids is 1. The van der Waals surface area contributed by atoms with Gasteiger partial charge in [0.2, 0.25) is 5.91 Å². The zero-order valence-electron chi connectivity index (χ0n) is 10.1. The first-order valence-electron chi connectivity index (χ1n) is 5.55. The lowest BCUT2D eigenvalue weighted by Crippen LogP contribution is -2.32. The van der Waals surface area contributed by atoms with Crippen molar-refractivity contribution in [3.05, 3.63) is 54.6 Å². The molecule has 0 aliphatic carbocycles. The van der Waals surface area contributed by atoms with E-state index in [4.69, 9.17) is 11.6 Å². The Morgan fingerprint density at radius 1 is 1.22 bits per heavy atom. The number of hydrogen-bond donors (Lipinski definition) is 0. The highest BCUT2D eigenvalue weighted by atomic mass is 35.5. The van der Waals surface area contributed by atoms with Crippen molar-refractivity contribution in [1.82, 2.24) is 4.90 Å². The molecule has 1 aromatic rings. The lowest BCUT2D eigenvalue weighted by molar-refractivity contribution is -0.127. The topological polar surface area (TPSA) is 20.3 Å². The molecule has 4 heteroatoms. The van der Waals surface area contributed by atoms with Gasteiger partial charge in [0.1, 0.15) is 0 Å². The molecule has 96 valence electrons. The summed E-state index contributed by atoms with van der Waals surface area (Å²) in [6.45, 7) is 8.38. The molecule has 0 fully saturated rings. The molecule has 0 bridgehead atoms. The number of thioether (sulfide) groups is 1. The molecule has 0 radical (unpaired) electrons. The second-order valence-corrected chi connectivity index (χ2v) is 5.10. The summed E-state index contributed by atoms with van der Waals surface area (Å²) < 4.78 is 0. The van der Waals surface area contributed by atoms with Crippen molar-refractivity contribution in [2.45, 2.75) is 4.90 Å². The zero-order chi connectivity index (χ0) is 13.4. The lowest BCUT2D eigenvalue weighted by atomic mass is 10.4. The third kappa shape index (κ3) is 4.98. The molecular weight excluding hydrogens is 266 g/mol. The Hall–Kier alpha value is -1.19. The second kappa shape index (κ2) is 8.01. The van der Waals surface area contributed by atoms with Gasteiger partial charge in [-0.3, -0.25) is 4.79 Å². The Kier molecular flexibility index (Phi) is 6.61. The van der Waals surface area contributed by atoms with Gasteiger partial charge < -0.3 is 4.90 Å². The molecule has 0 N–H and O–H groups in total. The van der Waals surface area contributed by atoms with Crippen LogP contribution in [0.1, 0.15) is 0 Å². The lowest BCUT2D eigenvalue weighted by Gasteiger charge is -2.18. The van der Waals surface area contributed by atoms with Crippen LogP contribution in [0.5, 0.6) is 0 Å². The van der Waals surface area contributed by atoms with Crippen LogP contribution < -0.4 is 0 Å². The van der Waals surface area contributed by atoms with Gasteiger partial charge in [0.05, 0.1) is 5.75 Å². The first kappa shape index (κ1) is 14.9. The van der Waals surface area contributed by atoms with Crippen LogP contribution >= 0.6 is 23.4 Å². The van der Waals surface area contributed by atoms with E-state index in [1.807, 2.05) is 24.3 Å². The van der Waals surface area contributed by atoms with Crippen LogP contribution in [-0.4, -0.2) is 29.6 Å². The van der Waals surface area contributed by atoms with Crippen LogP contribution in [0.2, 0.25) is 5.02 Å². The maximum atomic E-state index is 11.9. The van der Waals surface area contributed by atoms with E-state index in [1.54, 1.807) is 17.1 Å². The molecule has 18 heavy (non-hydrogen) atoms. The van der Waals surface area contributed by atoms with E-state index in [1.165, 1.54) is 11.8 Å². The van der Waals surface area contributed by atoms with E-state index in [9.17, 15) is 4.79 Å². The smallest absolute Gasteiger partial charge is 0.233 e. The average molecular weight is 282 g/mol. The van der Waals surface area contributed by atoms with Gasteiger partial charge >= 0.3 is 0 Å². The minimum absolute atomic E-state index is 0.0785. The van der Waals surface area contributed by atoms with E-state index in [0.29, 0.717) is 23.9 Å². The van der Waals surface area contributed by atoms with E-state index >= 15 is 0 Å². The molecule has 1 aromatic carbocycles. The molecule has 0 saturated heterocycles. The van der Waals surface area contributed by atoms with Gasteiger partial charge in [-0.1, -0.05) is 23.8 Å². The Morgan fingerprint density at radius 3 is 2.28 bits per heavy atom. The number of carbonyl (C=O) groups is 1. The van der Waals surface area contributed by atoms with E-state index in [2.05, 4.69) is 13.2 Å². The Morgan fingerprint density at radius 2 is 1.78 bits per heavy atom. The van der Waals surface area contributed by atoms with Crippen LogP contribution in [0.4, 0.5) is 0 Å². The normalized spacial score (nSPS) is 9.83. The van der Waals surface area contributed by atoms with Crippen LogP contribution in [-0.2, 0) is 4.79 Å². The van der Waals surface area contributed by atoms with Crippen LogP contribution in [0.15, 0.2) is 54.5 Å². The zero-order valence-corrected chi connectivity index (χ0v) is 11.7. The molecule has 0 spiro atoms. The largest absolute Gasteiger partial charge is 0.335 e. The molecule has 0 unspecified atom stereocenters. The monoisotopic (exact) mass is 281 g/mol.